The molecule has 60 heavy (non-hydrogen) atoms. The van der Waals surface area contributed by atoms with Crippen LogP contribution in [0.5, 0.6) is 23.0 Å². The topological polar surface area (TPSA) is 24.9 Å². The Morgan fingerprint density at radius 1 is 0.250 bits per heavy atom. The zero-order valence-corrected chi connectivity index (χ0v) is 32.5. The van der Waals surface area contributed by atoms with Gasteiger partial charge in [0.05, 0.1) is 39.5 Å². The minimum absolute atomic E-state index is 0.642. The normalized spacial score (nSPS) is 11.9. The van der Waals surface area contributed by atoms with Crippen molar-refractivity contribution in [3.63, 3.8) is 0 Å². The molecule has 1 aliphatic rings. The summed E-state index contributed by atoms with van der Waals surface area (Å²) in [7, 11) is 0. The van der Waals surface area contributed by atoms with E-state index in [0.717, 1.165) is 77.9 Å². The van der Waals surface area contributed by atoms with E-state index in [0.29, 0.717) is 11.5 Å². The molecule has 0 unspecified atom stereocenters. The van der Waals surface area contributed by atoms with E-state index in [2.05, 4.69) is 216 Å². The summed E-state index contributed by atoms with van der Waals surface area (Å²) in [6.07, 6.45) is 0. The predicted molar refractivity (Wildman–Crippen MR) is 250 cm³/mol. The first-order valence-electron chi connectivity index (χ1n) is 20.3. The van der Waals surface area contributed by atoms with Crippen LogP contribution < -0.4 is 19.3 Å². The highest BCUT2D eigenvalue weighted by molar-refractivity contribution is 6.08. The average Bonchev–Trinajstić information content (AvgIpc) is 3.46. The van der Waals surface area contributed by atoms with Crippen LogP contribution >= 0.6 is 0 Å². The molecule has 4 heteroatoms. The van der Waals surface area contributed by atoms with E-state index in [9.17, 15) is 0 Å². The third-order valence-electron chi connectivity index (χ3n) is 11.8. The highest BCUT2D eigenvalue weighted by Crippen LogP contribution is 2.52. The zero-order chi connectivity index (χ0) is 39.6. The van der Waals surface area contributed by atoms with E-state index in [1.54, 1.807) is 0 Å². The van der Waals surface area contributed by atoms with E-state index in [1.165, 1.54) is 21.5 Å². The summed E-state index contributed by atoms with van der Waals surface area (Å²) in [5.41, 5.74) is 6.28. The minimum Gasteiger partial charge on any atom is -0.453 e. The number of nitrogens with zero attached hydrogens (tertiary/aromatic N) is 2. The molecule has 4 nitrogen and oxygen atoms in total. The Labute approximate surface area is 347 Å². The van der Waals surface area contributed by atoms with Crippen LogP contribution in [0.3, 0.4) is 0 Å². The van der Waals surface area contributed by atoms with E-state index < -0.39 is 0 Å². The molecule has 0 N–H and O–H groups in total. The number of benzene rings is 11. The lowest BCUT2D eigenvalue weighted by atomic mass is 10.0. The molecule has 0 aliphatic carbocycles. The van der Waals surface area contributed by atoms with Crippen LogP contribution in [0, 0.1) is 0 Å². The molecule has 11 aromatic rings. The lowest BCUT2D eigenvalue weighted by Crippen LogP contribution is -2.11. The van der Waals surface area contributed by atoms with Crippen molar-refractivity contribution in [3.05, 3.63) is 218 Å². The molecule has 0 spiro atoms. The molecule has 0 bridgehead atoms. The Balaban J connectivity index is 1.04. The highest BCUT2D eigenvalue weighted by Gasteiger charge is 2.26. The third kappa shape index (κ3) is 5.53. The second kappa shape index (κ2) is 13.8. The maximum absolute atomic E-state index is 7.03. The first-order chi connectivity index (χ1) is 29.7. The monoisotopic (exact) mass is 768 g/mol. The molecule has 0 aromatic heterocycles. The van der Waals surface area contributed by atoms with Crippen molar-refractivity contribution in [1.82, 2.24) is 0 Å². The Kier molecular flexibility index (Phi) is 7.82. The standard InChI is InChI=1S/C56H36N2O2/c1-5-23-44-37(14-1)18-9-27-48(44)57(49-28-10-19-38-15-2-6-24-45(38)49)42-32-33-52-54(35-42)60-53-31-13-22-41-34-43(36-55(59-52)56(41)53)58(50-29-11-20-39-16-3-7-25-46(39)50)51-30-12-21-40-17-4-8-26-47(40)51/h1-36H. The second-order valence-corrected chi connectivity index (χ2v) is 15.3. The SMILES string of the molecule is c1ccc2c(N(c3ccc4c(c3)Oc3cccc5cc(N(c6cccc7ccccc67)c6cccc7ccccc67)cc(c35)O4)c3cccc4ccccc34)cccc2c1. The van der Waals surface area contributed by atoms with Crippen LogP contribution in [0.1, 0.15) is 0 Å². The van der Waals surface area contributed by atoms with Gasteiger partial charge in [0.15, 0.2) is 11.5 Å². The lowest BCUT2D eigenvalue weighted by Gasteiger charge is -2.29. The van der Waals surface area contributed by atoms with Crippen LogP contribution in [0.15, 0.2) is 218 Å². The fourth-order valence-corrected chi connectivity index (χ4v) is 9.10. The quantitative estimate of drug-likeness (QED) is 0.168. The van der Waals surface area contributed by atoms with Gasteiger partial charge in [0.1, 0.15) is 11.5 Å². The molecule has 12 rings (SSSR count). The summed E-state index contributed by atoms with van der Waals surface area (Å²) in [6.45, 7) is 0. The largest absolute Gasteiger partial charge is 0.453 e. The Morgan fingerprint density at radius 3 is 1.13 bits per heavy atom. The van der Waals surface area contributed by atoms with Crippen molar-refractivity contribution in [2.24, 2.45) is 0 Å². The first kappa shape index (κ1) is 34.0. The van der Waals surface area contributed by atoms with Gasteiger partial charge < -0.3 is 19.3 Å². The van der Waals surface area contributed by atoms with Crippen molar-refractivity contribution in [2.45, 2.75) is 0 Å². The predicted octanol–water partition coefficient (Wildman–Crippen LogP) is 16.3. The van der Waals surface area contributed by atoms with Gasteiger partial charge in [-0.05, 0) is 75.5 Å². The number of ether oxygens (including phenoxy) is 2. The second-order valence-electron chi connectivity index (χ2n) is 15.3. The van der Waals surface area contributed by atoms with Crippen molar-refractivity contribution in [2.75, 3.05) is 9.80 Å². The minimum atomic E-state index is 0.642. The van der Waals surface area contributed by atoms with Gasteiger partial charge in [-0.1, -0.05) is 158 Å². The molecule has 0 saturated heterocycles. The molecule has 0 amide bonds. The van der Waals surface area contributed by atoms with Gasteiger partial charge in [-0.15, -0.1) is 0 Å². The summed E-state index contributed by atoms with van der Waals surface area (Å²) < 4.78 is 14.0. The van der Waals surface area contributed by atoms with Crippen LogP contribution in [0.25, 0.3) is 53.9 Å². The van der Waals surface area contributed by atoms with Gasteiger partial charge in [0, 0.05) is 33.7 Å². The van der Waals surface area contributed by atoms with Crippen LogP contribution in [0.4, 0.5) is 34.1 Å². The van der Waals surface area contributed by atoms with Crippen LogP contribution in [0.2, 0.25) is 0 Å². The van der Waals surface area contributed by atoms with Crippen LogP contribution in [-0.2, 0) is 0 Å². The maximum atomic E-state index is 7.03. The fourth-order valence-electron chi connectivity index (χ4n) is 9.10. The van der Waals surface area contributed by atoms with Crippen molar-refractivity contribution < 1.29 is 9.47 Å². The highest BCUT2D eigenvalue weighted by atomic mass is 16.5. The molecule has 0 saturated carbocycles. The van der Waals surface area contributed by atoms with E-state index in [1.807, 2.05) is 12.1 Å². The van der Waals surface area contributed by atoms with Gasteiger partial charge >= 0.3 is 0 Å². The van der Waals surface area contributed by atoms with Gasteiger partial charge in [0.25, 0.3) is 0 Å². The molecular formula is C56H36N2O2. The molecule has 282 valence electrons. The van der Waals surface area contributed by atoms with Crippen LogP contribution in [-0.4, -0.2) is 0 Å². The van der Waals surface area contributed by atoms with Gasteiger partial charge in [-0.25, -0.2) is 0 Å². The molecule has 1 heterocycles. The number of fused-ring (bicyclic) bond motifs is 5. The number of hydrogen-bond acceptors (Lipinski definition) is 4. The van der Waals surface area contributed by atoms with Crippen molar-refractivity contribution >= 4 is 88.0 Å². The summed E-state index contributed by atoms with van der Waals surface area (Å²) in [5.74, 6) is 2.76. The third-order valence-corrected chi connectivity index (χ3v) is 11.8. The average molecular weight is 769 g/mol. The Morgan fingerprint density at radius 2 is 0.633 bits per heavy atom. The van der Waals surface area contributed by atoms with E-state index >= 15 is 0 Å². The van der Waals surface area contributed by atoms with Gasteiger partial charge in [-0.2, -0.15) is 0 Å². The number of rotatable bonds is 6. The Bertz CT molecular complexity index is 3300. The summed E-state index contributed by atoms with van der Waals surface area (Å²) in [5, 5.41) is 11.3. The number of hydrogen-bond donors (Lipinski definition) is 0. The maximum Gasteiger partial charge on any atom is 0.172 e. The molecule has 0 radical (unpaired) electrons. The van der Waals surface area contributed by atoms with Crippen molar-refractivity contribution in [1.29, 1.82) is 0 Å². The summed E-state index contributed by atoms with van der Waals surface area (Å²) in [4.78, 5) is 4.72. The summed E-state index contributed by atoms with van der Waals surface area (Å²) >= 11 is 0. The Hall–Kier alpha value is -8.08. The number of anilines is 6. The molecule has 11 aromatic carbocycles. The zero-order valence-electron chi connectivity index (χ0n) is 32.5. The van der Waals surface area contributed by atoms with Crippen molar-refractivity contribution in [3.8, 4) is 23.0 Å². The first-order valence-corrected chi connectivity index (χ1v) is 20.3. The molecule has 0 atom stereocenters. The molecular weight excluding hydrogens is 733 g/mol. The summed E-state index contributed by atoms with van der Waals surface area (Å²) in [6, 6.07) is 77.3. The smallest absolute Gasteiger partial charge is 0.172 e. The molecule has 0 fully saturated rings. The van der Waals surface area contributed by atoms with Gasteiger partial charge in [0.2, 0.25) is 0 Å². The molecule has 1 aliphatic heterocycles. The fraction of sp³-hybridized carbons (Fsp3) is 0. The van der Waals surface area contributed by atoms with Gasteiger partial charge in [-0.3, -0.25) is 0 Å². The lowest BCUT2D eigenvalue weighted by molar-refractivity contribution is 0.439. The van der Waals surface area contributed by atoms with E-state index in [-0.39, 0.29) is 0 Å². The van der Waals surface area contributed by atoms with E-state index in [4.69, 9.17) is 9.47 Å².